The van der Waals surface area contributed by atoms with E-state index in [0.717, 1.165) is 12.3 Å². The number of H-pyrrole nitrogens is 2. The molecule has 1 unspecified atom stereocenters. The number of para-hydroxylation sites is 1. The zero-order valence-corrected chi connectivity index (χ0v) is 24.2. The summed E-state index contributed by atoms with van der Waals surface area (Å²) in [6.07, 6.45) is 4.25. The van der Waals surface area contributed by atoms with E-state index < -0.39 is 21.0 Å². The molecule has 5 N–H and O–H groups in total. The number of nitrogens with zero attached hydrogens (tertiary/aromatic N) is 4. The Labute approximate surface area is 245 Å². The summed E-state index contributed by atoms with van der Waals surface area (Å²) in [6.45, 7) is 3.63. The normalized spacial score (nSPS) is 12.7. The highest BCUT2D eigenvalue weighted by Gasteiger charge is 2.21. The fraction of sp³-hybridized carbons (Fsp3) is 0.167. The van der Waals surface area contributed by atoms with Gasteiger partial charge in [-0.1, -0.05) is 26.0 Å². The molecule has 13 heteroatoms. The number of fused-ring (bicyclic) bond motifs is 2. The van der Waals surface area contributed by atoms with Crippen LogP contribution in [0.4, 0.5) is 10.1 Å². The molecule has 0 spiro atoms. The number of anilines is 1. The van der Waals surface area contributed by atoms with E-state index in [0.29, 0.717) is 61.7 Å². The molecule has 0 saturated carbocycles. The van der Waals surface area contributed by atoms with Crippen LogP contribution in [-0.2, 0) is 14.6 Å². The Balaban J connectivity index is 1.41. The van der Waals surface area contributed by atoms with Crippen molar-refractivity contribution in [2.24, 2.45) is 11.7 Å². The topological polar surface area (TPSA) is 172 Å². The van der Waals surface area contributed by atoms with Crippen molar-refractivity contribution in [3.63, 3.8) is 0 Å². The number of imidazole rings is 1. The van der Waals surface area contributed by atoms with Gasteiger partial charge in [-0.05, 0) is 53.6 Å². The van der Waals surface area contributed by atoms with Crippen molar-refractivity contribution in [2.75, 3.05) is 11.6 Å². The van der Waals surface area contributed by atoms with E-state index in [1.165, 1.54) is 6.07 Å². The molecule has 0 radical (unpaired) electrons. The molecule has 43 heavy (non-hydrogen) atoms. The first-order chi connectivity index (χ1) is 20.5. The van der Waals surface area contributed by atoms with Gasteiger partial charge in [0.15, 0.2) is 21.4 Å². The van der Waals surface area contributed by atoms with Gasteiger partial charge in [0.05, 0.1) is 34.1 Å². The van der Waals surface area contributed by atoms with E-state index in [9.17, 15) is 17.6 Å². The van der Waals surface area contributed by atoms with Crippen molar-refractivity contribution in [1.82, 2.24) is 30.1 Å². The van der Waals surface area contributed by atoms with Gasteiger partial charge >= 0.3 is 0 Å². The molecule has 6 aromatic rings. The monoisotopic (exact) mass is 598 g/mol. The van der Waals surface area contributed by atoms with Crippen LogP contribution in [0.15, 0.2) is 67.0 Å². The number of sulfone groups is 1. The Kier molecular flexibility index (Phi) is 6.98. The summed E-state index contributed by atoms with van der Waals surface area (Å²) in [5, 5.41) is 8.92. The lowest BCUT2D eigenvalue weighted by Gasteiger charge is -2.12. The number of benzene rings is 2. The quantitative estimate of drug-likeness (QED) is 0.199. The van der Waals surface area contributed by atoms with Crippen molar-refractivity contribution >= 4 is 43.5 Å². The molecular weight excluding hydrogens is 571 g/mol. The number of halogens is 1. The van der Waals surface area contributed by atoms with E-state index in [4.69, 9.17) is 15.7 Å². The fourth-order valence-electron chi connectivity index (χ4n) is 4.72. The van der Waals surface area contributed by atoms with Crippen LogP contribution in [0.25, 0.3) is 56.0 Å². The summed E-state index contributed by atoms with van der Waals surface area (Å²) in [7, 11) is -3.65. The molecule has 0 aliphatic carbocycles. The van der Waals surface area contributed by atoms with Crippen LogP contribution in [0, 0.1) is 11.7 Å². The van der Waals surface area contributed by atoms with Crippen molar-refractivity contribution in [3.05, 3.63) is 78.4 Å². The van der Waals surface area contributed by atoms with Gasteiger partial charge in [-0.3, -0.25) is 14.9 Å². The van der Waals surface area contributed by atoms with E-state index in [1.807, 2.05) is 32.0 Å². The zero-order valence-electron chi connectivity index (χ0n) is 23.4. The summed E-state index contributed by atoms with van der Waals surface area (Å²) >= 11 is 0. The molecule has 4 aromatic heterocycles. The maximum absolute atomic E-state index is 14.6. The number of carbonyl (C=O) groups is 1. The Hall–Kier alpha value is -5.01. The smallest absolute Gasteiger partial charge is 0.226 e. The summed E-state index contributed by atoms with van der Waals surface area (Å²) in [5.74, 6) is -0.476. The molecule has 218 valence electrons. The number of nitrogens with one attached hydrogen (secondary N) is 3. The molecule has 0 aliphatic heterocycles. The van der Waals surface area contributed by atoms with Crippen LogP contribution in [0.2, 0.25) is 0 Å². The second-order valence-electron chi connectivity index (χ2n) is 10.6. The molecule has 1 atom stereocenters. The number of hydrogen-bond acceptors (Lipinski definition) is 8. The number of aromatic nitrogens is 6. The van der Waals surface area contributed by atoms with E-state index >= 15 is 0 Å². The van der Waals surface area contributed by atoms with Gasteiger partial charge in [-0.15, -0.1) is 0 Å². The van der Waals surface area contributed by atoms with Crippen molar-refractivity contribution in [1.29, 1.82) is 0 Å². The van der Waals surface area contributed by atoms with Gasteiger partial charge in [0, 0.05) is 29.5 Å². The second-order valence-corrected chi connectivity index (χ2v) is 12.7. The van der Waals surface area contributed by atoms with Gasteiger partial charge in [-0.25, -0.2) is 22.8 Å². The molecular formula is C30H27FN8O3S. The Morgan fingerprint density at radius 3 is 2.56 bits per heavy atom. The van der Waals surface area contributed by atoms with Crippen LogP contribution in [0.1, 0.15) is 24.8 Å². The second kappa shape index (κ2) is 10.7. The van der Waals surface area contributed by atoms with Crippen LogP contribution in [0.5, 0.6) is 0 Å². The lowest BCUT2D eigenvalue weighted by molar-refractivity contribution is -0.118. The minimum absolute atomic E-state index is 0.114. The predicted molar refractivity (Wildman–Crippen MR) is 163 cm³/mol. The van der Waals surface area contributed by atoms with Crippen LogP contribution in [0.3, 0.4) is 0 Å². The van der Waals surface area contributed by atoms with Crippen molar-refractivity contribution in [3.8, 4) is 33.9 Å². The largest absolute Gasteiger partial charge is 0.336 e. The lowest BCUT2D eigenvalue weighted by Crippen LogP contribution is -2.20. The number of rotatable bonds is 7. The number of nitrogens with two attached hydrogens (primary N) is 1. The zero-order chi connectivity index (χ0) is 30.5. The van der Waals surface area contributed by atoms with Crippen molar-refractivity contribution in [2.45, 2.75) is 19.2 Å². The van der Waals surface area contributed by atoms with Gasteiger partial charge in [-0.2, -0.15) is 5.10 Å². The van der Waals surface area contributed by atoms with Gasteiger partial charge in [0.1, 0.15) is 16.7 Å². The molecule has 0 fully saturated rings. The number of hydrogen-bond donors (Lipinski definition) is 4. The average Bonchev–Trinajstić information content (AvgIpc) is 3.59. The van der Waals surface area contributed by atoms with Crippen LogP contribution >= 0.6 is 0 Å². The molecule has 0 bridgehead atoms. The third-order valence-electron chi connectivity index (χ3n) is 6.99. The number of carbonyl (C=O) groups excluding carboxylic acids is 1. The summed E-state index contributed by atoms with van der Waals surface area (Å²) < 4.78 is 38.7. The number of pyridine rings is 2. The predicted octanol–water partition coefficient (Wildman–Crippen LogP) is 4.97. The first-order valence-corrected chi connectivity index (χ1v) is 15.3. The molecule has 11 nitrogen and oxygen atoms in total. The van der Waals surface area contributed by atoms with Gasteiger partial charge < -0.3 is 16.0 Å². The maximum Gasteiger partial charge on any atom is 0.226 e. The van der Waals surface area contributed by atoms with Gasteiger partial charge in [0.25, 0.3) is 0 Å². The first kappa shape index (κ1) is 28.1. The lowest BCUT2D eigenvalue weighted by atomic mass is 10.0. The molecule has 0 aliphatic rings. The molecule has 4 heterocycles. The summed E-state index contributed by atoms with van der Waals surface area (Å²) in [6, 6.07) is 14.9. The first-order valence-electron chi connectivity index (χ1n) is 13.3. The van der Waals surface area contributed by atoms with Crippen molar-refractivity contribution < 1.29 is 17.6 Å². The van der Waals surface area contributed by atoms with Gasteiger partial charge in [0.2, 0.25) is 5.91 Å². The SMILES string of the molecule is CC(C)C(=O)Nc1cncc(-c2ccc3[nH]nc(-c4nc5c(-c6cc(F)cc(C(N)S(C)(=O)=O)c6)cccc5[nH]4)c3n2)c1. The third kappa shape index (κ3) is 5.47. The number of amides is 1. The minimum atomic E-state index is -3.65. The van der Waals surface area contributed by atoms with Crippen LogP contribution in [-0.4, -0.2) is 50.7 Å². The van der Waals surface area contributed by atoms with E-state index in [1.54, 1.807) is 36.7 Å². The van der Waals surface area contributed by atoms with E-state index in [-0.39, 0.29) is 17.4 Å². The van der Waals surface area contributed by atoms with E-state index in [2.05, 4.69) is 25.5 Å². The summed E-state index contributed by atoms with van der Waals surface area (Å²) in [5.41, 5.74) is 11.9. The standard InChI is InChI=1S/C30H27FN8O3S/c1-15(2)30(40)34-20-12-18(13-33-14-20)22-7-8-24-26(35-22)27(39-38-24)29-36-23-6-4-5-21(25(23)37-29)16-9-17(11-19(31)10-16)28(32)43(3,41)42/h4-15,28H,32H2,1-3H3,(H,34,40)(H,36,37)(H,38,39). The molecule has 6 rings (SSSR count). The average molecular weight is 599 g/mol. The molecule has 2 aromatic carbocycles. The Bertz CT molecular complexity index is 2140. The number of aromatic amines is 2. The maximum atomic E-state index is 14.6. The molecule has 0 saturated heterocycles. The molecule has 1 amide bonds. The highest BCUT2D eigenvalue weighted by atomic mass is 32.2. The fourth-order valence-corrected chi connectivity index (χ4v) is 5.35. The highest BCUT2D eigenvalue weighted by Crippen LogP contribution is 2.33. The third-order valence-corrected chi connectivity index (χ3v) is 8.19. The highest BCUT2D eigenvalue weighted by molar-refractivity contribution is 7.90. The summed E-state index contributed by atoms with van der Waals surface area (Å²) in [4.78, 5) is 29.3. The van der Waals surface area contributed by atoms with Crippen LogP contribution < -0.4 is 11.1 Å². The Morgan fingerprint density at radius 2 is 1.79 bits per heavy atom. The minimum Gasteiger partial charge on any atom is -0.336 e. The Morgan fingerprint density at radius 1 is 0.977 bits per heavy atom.